The molecule has 0 aliphatic carbocycles. The Morgan fingerprint density at radius 3 is 2.90 bits per heavy atom. The molecule has 1 N–H and O–H groups in total. The van der Waals surface area contributed by atoms with Crippen molar-refractivity contribution in [1.29, 1.82) is 0 Å². The summed E-state index contributed by atoms with van der Waals surface area (Å²) in [6.07, 6.45) is 3.98. The zero-order valence-corrected chi connectivity index (χ0v) is 12.9. The van der Waals surface area contributed by atoms with Gasteiger partial charge >= 0.3 is 5.69 Å². The van der Waals surface area contributed by atoms with Gasteiger partial charge in [0, 0.05) is 12.6 Å². The van der Waals surface area contributed by atoms with Crippen LogP contribution in [-0.2, 0) is 6.54 Å². The Bertz CT molecular complexity index is 427. The third kappa shape index (κ3) is 5.79. The monoisotopic (exact) mass is 298 g/mol. The summed E-state index contributed by atoms with van der Waals surface area (Å²) < 4.78 is 5.56. The average molecular weight is 298 g/mol. The van der Waals surface area contributed by atoms with Gasteiger partial charge in [0.2, 0.25) is 0 Å². The van der Waals surface area contributed by atoms with Crippen LogP contribution in [-0.4, -0.2) is 30.1 Å². The summed E-state index contributed by atoms with van der Waals surface area (Å²) in [5.74, 6) is 1.36. The van der Waals surface area contributed by atoms with E-state index in [2.05, 4.69) is 12.2 Å². The van der Waals surface area contributed by atoms with Crippen LogP contribution in [0.15, 0.2) is 18.2 Å². The van der Waals surface area contributed by atoms with Gasteiger partial charge in [0.1, 0.15) is 0 Å². The number of hydrogen-bond donors (Lipinski definition) is 1. The molecule has 0 saturated carbocycles. The number of nitrogens with zero attached hydrogens (tertiary/aromatic N) is 1. The van der Waals surface area contributed by atoms with Crippen LogP contribution in [0.1, 0.15) is 25.3 Å². The molecule has 0 aliphatic heterocycles. The van der Waals surface area contributed by atoms with Gasteiger partial charge in [-0.2, -0.15) is 11.8 Å². The van der Waals surface area contributed by atoms with Crippen LogP contribution in [0.4, 0.5) is 5.69 Å². The van der Waals surface area contributed by atoms with Gasteiger partial charge in [0.25, 0.3) is 0 Å². The molecule has 0 aromatic heterocycles. The molecule has 0 bridgehead atoms. The van der Waals surface area contributed by atoms with Crippen molar-refractivity contribution >= 4 is 17.4 Å². The first-order chi connectivity index (χ1) is 9.69. The van der Waals surface area contributed by atoms with Crippen molar-refractivity contribution in [2.24, 2.45) is 0 Å². The van der Waals surface area contributed by atoms with Crippen LogP contribution in [0.3, 0.4) is 0 Å². The summed E-state index contributed by atoms with van der Waals surface area (Å²) in [5, 5.41) is 14.3. The second kappa shape index (κ2) is 9.61. The number of thioether (sulfide) groups is 1. The molecular formula is C14H22N2O3S. The van der Waals surface area contributed by atoms with Crippen molar-refractivity contribution in [3.63, 3.8) is 0 Å². The second-order valence-electron chi connectivity index (χ2n) is 4.43. The van der Waals surface area contributed by atoms with E-state index in [0.717, 1.165) is 30.7 Å². The minimum atomic E-state index is -0.396. The Hall–Kier alpha value is -1.27. The first-order valence-electron chi connectivity index (χ1n) is 6.78. The minimum Gasteiger partial charge on any atom is -0.487 e. The molecule has 0 aliphatic rings. The maximum absolute atomic E-state index is 11.0. The normalized spacial score (nSPS) is 10.5. The summed E-state index contributed by atoms with van der Waals surface area (Å²) in [4.78, 5) is 10.6. The first-order valence-corrected chi connectivity index (χ1v) is 8.18. The lowest BCUT2D eigenvalue weighted by Gasteiger charge is -2.09. The van der Waals surface area contributed by atoms with Gasteiger partial charge in [-0.3, -0.25) is 10.1 Å². The fraction of sp³-hybridized carbons (Fsp3) is 0.571. The molecule has 0 radical (unpaired) electrons. The Kier molecular flexibility index (Phi) is 8.06. The number of nitrogens with one attached hydrogen (secondary N) is 1. The van der Waals surface area contributed by atoms with Gasteiger partial charge in [-0.15, -0.1) is 0 Å². The smallest absolute Gasteiger partial charge is 0.310 e. The van der Waals surface area contributed by atoms with E-state index in [0.29, 0.717) is 18.9 Å². The summed E-state index contributed by atoms with van der Waals surface area (Å²) in [5.41, 5.74) is 1.04. The van der Waals surface area contributed by atoms with Crippen LogP contribution in [0, 0.1) is 10.1 Å². The standard InChI is InChI=1S/C14H22N2O3S/c1-3-7-15-11-12-5-6-13(16(17)18)14(10-12)19-8-4-9-20-2/h5-6,10,15H,3-4,7-9,11H2,1-2H3. The predicted molar refractivity (Wildman–Crippen MR) is 83.6 cm³/mol. The fourth-order valence-electron chi connectivity index (χ4n) is 1.73. The third-order valence-corrected chi connectivity index (χ3v) is 3.42. The molecule has 1 rings (SSSR count). The number of hydrogen-bond acceptors (Lipinski definition) is 5. The molecule has 0 spiro atoms. The van der Waals surface area contributed by atoms with Crippen LogP contribution in [0.25, 0.3) is 0 Å². The lowest BCUT2D eigenvalue weighted by Crippen LogP contribution is -2.14. The molecule has 1 aromatic rings. The van der Waals surface area contributed by atoms with Crippen molar-refractivity contribution in [3.8, 4) is 5.75 Å². The number of rotatable bonds is 10. The van der Waals surface area contributed by atoms with Crippen LogP contribution < -0.4 is 10.1 Å². The highest BCUT2D eigenvalue weighted by Gasteiger charge is 2.15. The molecule has 0 unspecified atom stereocenters. The largest absolute Gasteiger partial charge is 0.487 e. The molecular weight excluding hydrogens is 276 g/mol. The Morgan fingerprint density at radius 2 is 2.25 bits per heavy atom. The second-order valence-corrected chi connectivity index (χ2v) is 5.42. The van der Waals surface area contributed by atoms with Gasteiger partial charge in [-0.1, -0.05) is 13.0 Å². The number of nitro groups is 1. The van der Waals surface area contributed by atoms with Gasteiger partial charge in [-0.05, 0) is 43.0 Å². The molecule has 6 heteroatoms. The molecule has 0 atom stereocenters. The maximum Gasteiger partial charge on any atom is 0.310 e. The van der Waals surface area contributed by atoms with E-state index < -0.39 is 4.92 Å². The quantitative estimate of drug-likeness (QED) is 0.408. The van der Waals surface area contributed by atoms with Gasteiger partial charge in [-0.25, -0.2) is 0 Å². The fourth-order valence-corrected chi connectivity index (χ4v) is 2.14. The molecule has 5 nitrogen and oxygen atoms in total. The zero-order chi connectivity index (χ0) is 14.8. The van der Waals surface area contributed by atoms with Crippen molar-refractivity contribution in [2.75, 3.05) is 25.2 Å². The third-order valence-electron chi connectivity index (χ3n) is 2.73. The number of nitro benzene ring substituents is 1. The minimum absolute atomic E-state index is 0.0355. The maximum atomic E-state index is 11.0. The summed E-state index contributed by atoms with van der Waals surface area (Å²) in [7, 11) is 0. The molecule has 0 heterocycles. The Balaban J connectivity index is 2.69. The topological polar surface area (TPSA) is 64.4 Å². The highest BCUT2D eigenvalue weighted by molar-refractivity contribution is 7.98. The van der Waals surface area contributed by atoms with E-state index in [1.165, 1.54) is 6.07 Å². The van der Waals surface area contributed by atoms with E-state index >= 15 is 0 Å². The number of ether oxygens (including phenoxy) is 1. The summed E-state index contributed by atoms with van der Waals surface area (Å²) in [6, 6.07) is 5.06. The highest BCUT2D eigenvalue weighted by Crippen LogP contribution is 2.28. The molecule has 20 heavy (non-hydrogen) atoms. The molecule has 0 amide bonds. The van der Waals surface area contributed by atoms with Crippen molar-refractivity contribution in [3.05, 3.63) is 33.9 Å². The SMILES string of the molecule is CCCNCc1ccc([N+](=O)[O-])c(OCCCSC)c1. The molecule has 0 saturated heterocycles. The van der Waals surface area contributed by atoms with E-state index in [1.54, 1.807) is 23.9 Å². The van der Waals surface area contributed by atoms with Gasteiger partial charge in [0.15, 0.2) is 5.75 Å². The first kappa shape index (κ1) is 16.8. The van der Waals surface area contributed by atoms with Crippen LogP contribution in [0.2, 0.25) is 0 Å². The van der Waals surface area contributed by atoms with Crippen molar-refractivity contribution in [2.45, 2.75) is 26.3 Å². The van der Waals surface area contributed by atoms with E-state index in [-0.39, 0.29) is 5.69 Å². The van der Waals surface area contributed by atoms with Crippen LogP contribution >= 0.6 is 11.8 Å². The lowest BCUT2D eigenvalue weighted by atomic mass is 10.2. The van der Waals surface area contributed by atoms with Crippen molar-refractivity contribution < 1.29 is 9.66 Å². The Morgan fingerprint density at radius 1 is 1.45 bits per heavy atom. The number of benzene rings is 1. The summed E-state index contributed by atoms with van der Waals surface area (Å²) >= 11 is 1.74. The van der Waals surface area contributed by atoms with E-state index in [4.69, 9.17) is 4.74 Å². The van der Waals surface area contributed by atoms with E-state index in [9.17, 15) is 10.1 Å². The van der Waals surface area contributed by atoms with Crippen molar-refractivity contribution in [1.82, 2.24) is 5.32 Å². The van der Waals surface area contributed by atoms with Crippen LogP contribution in [0.5, 0.6) is 5.75 Å². The predicted octanol–water partition coefficient (Wildman–Crippen LogP) is 3.23. The molecule has 1 aromatic carbocycles. The van der Waals surface area contributed by atoms with E-state index in [1.807, 2.05) is 6.26 Å². The Labute approximate surface area is 124 Å². The highest BCUT2D eigenvalue weighted by atomic mass is 32.2. The zero-order valence-electron chi connectivity index (χ0n) is 12.1. The average Bonchev–Trinajstić information content (AvgIpc) is 2.44. The molecule has 0 fully saturated rings. The summed E-state index contributed by atoms with van der Waals surface area (Å²) in [6.45, 7) is 4.24. The lowest BCUT2D eigenvalue weighted by molar-refractivity contribution is -0.385. The van der Waals surface area contributed by atoms with Gasteiger partial charge < -0.3 is 10.1 Å². The molecule has 112 valence electrons. The van der Waals surface area contributed by atoms with Gasteiger partial charge in [0.05, 0.1) is 11.5 Å².